The van der Waals surface area contributed by atoms with Gasteiger partial charge in [0.2, 0.25) is 11.8 Å². The Bertz CT molecular complexity index is 436. The molecule has 1 fully saturated rings. The van der Waals surface area contributed by atoms with E-state index in [1.807, 2.05) is 0 Å². The van der Waals surface area contributed by atoms with Gasteiger partial charge in [0, 0.05) is 18.4 Å². The second-order valence-corrected chi connectivity index (χ2v) is 4.46. The van der Waals surface area contributed by atoms with Crippen LogP contribution in [0.15, 0.2) is 37.4 Å². The minimum absolute atomic E-state index is 0. The third kappa shape index (κ3) is 17.1. The van der Waals surface area contributed by atoms with E-state index in [-0.39, 0.29) is 35.5 Å². The summed E-state index contributed by atoms with van der Waals surface area (Å²) < 4.78 is 28.0. The summed E-state index contributed by atoms with van der Waals surface area (Å²) in [7, 11) is -4.15. The maximum absolute atomic E-state index is 10.7. The van der Waals surface area contributed by atoms with Crippen molar-refractivity contribution in [1.29, 1.82) is 0 Å². The van der Waals surface area contributed by atoms with E-state index in [2.05, 4.69) is 25.5 Å². The summed E-state index contributed by atoms with van der Waals surface area (Å²) in [5.74, 6) is -0.273. The molecule has 0 bridgehead atoms. The summed E-state index contributed by atoms with van der Waals surface area (Å²) in [6.45, 7) is 10.2. The normalized spacial score (nSPS) is 12.7. The Labute approximate surface area is 141 Å². The van der Waals surface area contributed by atoms with E-state index in [9.17, 15) is 22.6 Å². The van der Waals surface area contributed by atoms with Gasteiger partial charge in [0.25, 0.3) is 0 Å². The van der Waals surface area contributed by atoms with E-state index in [1.165, 1.54) is 0 Å². The van der Waals surface area contributed by atoms with Crippen LogP contribution in [-0.2, 0) is 19.7 Å². The van der Waals surface area contributed by atoms with Crippen molar-refractivity contribution in [3.8, 4) is 0 Å². The number of hydrogen-bond acceptors (Lipinski definition) is 5. The molecule has 20 heavy (non-hydrogen) atoms. The molecule has 1 aliphatic heterocycles. The molecular formula is C11H17N2NaO5S. The van der Waals surface area contributed by atoms with Crippen molar-refractivity contribution in [3.63, 3.8) is 0 Å². The number of likely N-dealkylation sites (tertiary alicyclic amines) is 1. The molecule has 1 heterocycles. The SMILES string of the molecule is C=CC(N)=O.C=CN1CCCC1=O.C=CS(=O)(=O)[O-].[Na+]. The molecule has 2 amide bonds. The molecule has 0 aliphatic carbocycles. The summed E-state index contributed by atoms with van der Waals surface area (Å²) in [5, 5.41) is 0.354. The van der Waals surface area contributed by atoms with Crippen molar-refractivity contribution in [3.05, 3.63) is 37.4 Å². The van der Waals surface area contributed by atoms with E-state index in [0.717, 1.165) is 19.0 Å². The third-order valence-electron chi connectivity index (χ3n) is 1.74. The minimum Gasteiger partial charge on any atom is -0.745 e. The van der Waals surface area contributed by atoms with Crippen molar-refractivity contribution in [2.45, 2.75) is 12.8 Å². The maximum atomic E-state index is 10.7. The van der Waals surface area contributed by atoms with Gasteiger partial charge in [-0.2, -0.15) is 0 Å². The largest absolute Gasteiger partial charge is 1.00 e. The van der Waals surface area contributed by atoms with E-state index >= 15 is 0 Å². The molecule has 2 N–H and O–H groups in total. The van der Waals surface area contributed by atoms with Gasteiger partial charge in [-0.3, -0.25) is 9.59 Å². The topological polar surface area (TPSA) is 121 Å². The Hall–Kier alpha value is -0.930. The van der Waals surface area contributed by atoms with Gasteiger partial charge in [0.1, 0.15) is 10.1 Å². The number of carbonyl (C=O) groups is 2. The summed E-state index contributed by atoms with van der Waals surface area (Å²) >= 11 is 0. The molecule has 0 radical (unpaired) electrons. The molecule has 1 saturated heterocycles. The Balaban J connectivity index is -0.000000219. The Morgan fingerprint density at radius 1 is 1.35 bits per heavy atom. The van der Waals surface area contributed by atoms with Crippen molar-refractivity contribution in [2.24, 2.45) is 5.73 Å². The number of nitrogens with two attached hydrogens (primary N) is 1. The average molecular weight is 312 g/mol. The second kappa shape index (κ2) is 13.1. The second-order valence-electron chi connectivity index (χ2n) is 3.14. The van der Waals surface area contributed by atoms with Crippen LogP contribution in [0, 0.1) is 0 Å². The van der Waals surface area contributed by atoms with Gasteiger partial charge in [0.05, 0.1) is 0 Å². The summed E-state index contributed by atoms with van der Waals surface area (Å²) in [5.41, 5.74) is 4.53. The molecule has 0 aromatic rings. The van der Waals surface area contributed by atoms with E-state index in [0.29, 0.717) is 11.8 Å². The molecule has 0 aromatic heterocycles. The standard InChI is InChI=1S/C6H9NO.C3H5NO.C2H4O3S.Na/c1-2-7-5-3-4-6(7)8;1-2-3(4)5;1-2-6(3,4)5;/h2H,1,3-5H2;2H,1H2,(H2,4,5);2H,1H2,(H,3,4,5);/q;;;+1/p-1. The predicted molar refractivity (Wildman–Crippen MR) is 70.4 cm³/mol. The minimum atomic E-state index is -4.15. The van der Waals surface area contributed by atoms with Crippen molar-refractivity contribution in [1.82, 2.24) is 4.90 Å². The molecule has 0 unspecified atom stereocenters. The van der Waals surface area contributed by atoms with Crippen LogP contribution in [0.3, 0.4) is 0 Å². The number of nitrogens with zero attached hydrogens (tertiary/aromatic N) is 1. The zero-order valence-electron chi connectivity index (χ0n) is 11.4. The van der Waals surface area contributed by atoms with Crippen molar-refractivity contribution >= 4 is 21.9 Å². The third-order valence-corrected chi connectivity index (χ3v) is 2.14. The molecule has 0 aromatic carbocycles. The van der Waals surface area contributed by atoms with Gasteiger partial charge < -0.3 is 15.2 Å². The molecule has 9 heteroatoms. The predicted octanol–water partition coefficient (Wildman–Crippen LogP) is -2.91. The van der Waals surface area contributed by atoms with Crippen LogP contribution in [0.2, 0.25) is 0 Å². The summed E-state index contributed by atoms with van der Waals surface area (Å²) in [4.78, 5) is 21.8. The maximum Gasteiger partial charge on any atom is 1.00 e. The van der Waals surface area contributed by atoms with E-state index in [1.54, 1.807) is 11.1 Å². The Morgan fingerprint density at radius 2 is 1.75 bits per heavy atom. The van der Waals surface area contributed by atoms with Gasteiger partial charge in [0.15, 0.2) is 0 Å². The molecule has 0 saturated carbocycles. The van der Waals surface area contributed by atoms with Gasteiger partial charge in [-0.1, -0.05) is 19.7 Å². The smallest absolute Gasteiger partial charge is 0.745 e. The quantitative estimate of drug-likeness (QED) is 0.340. The van der Waals surface area contributed by atoms with Crippen LogP contribution >= 0.6 is 0 Å². The molecular weight excluding hydrogens is 295 g/mol. The average Bonchev–Trinajstić information content (AvgIpc) is 2.75. The van der Waals surface area contributed by atoms with Gasteiger partial charge >= 0.3 is 29.6 Å². The number of primary amides is 1. The van der Waals surface area contributed by atoms with Gasteiger partial charge in [-0.25, -0.2) is 8.42 Å². The first-order chi connectivity index (χ1) is 8.67. The number of hydrogen-bond donors (Lipinski definition) is 1. The van der Waals surface area contributed by atoms with Crippen LogP contribution in [0.1, 0.15) is 12.8 Å². The van der Waals surface area contributed by atoms with Crippen LogP contribution in [-0.4, -0.2) is 36.2 Å². The number of amides is 2. The zero-order valence-corrected chi connectivity index (χ0v) is 14.3. The monoisotopic (exact) mass is 312 g/mol. The molecule has 1 aliphatic rings. The van der Waals surface area contributed by atoms with Crippen molar-refractivity contribution < 1.29 is 52.1 Å². The zero-order chi connectivity index (χ0) is 15.5. The van der Waals surface area contributed by atoms with Crippen LogP contribution < -0.4 is 35.3 Å². The fraction of sp³-hybridized carbons (Fsp3) is 0.273. The van der Waals surface area contributed by atoms with E-state index < -0.39 is 16.0 Å². The fourth-order valence-electron chi connectivity index (χ4n) is 0.862. The molecule has 0 atom stereocenters. The molecule has 0 spiro atoms. The first-order valence-electron chi connectivity index (χ1n) is 5.10. The first-order valence-corrected chi connectivity index (χ1v) is 6.57. The van der Waals surface area contributed by atoms with Gasteiger partial charge in [-0.05, 0) is 18.7 Å². The van der Waals surface area contributed by atoms with Crippen molar-refractivity contribution in [2.75, 3.05) is 6.54 Å². The molecule has 1 rings (SSSR count). The Morgan fingerprint density at radius 3 is 1.85 bits per heavy atom. The van der Waals surface area contributed by atoms with Crippen LogP contribution in [0.5, 0.6) is 0 Å². The summed E-state index contributed by atoms with van der Waals surface area (Å²) in [6, 6.07) is 0. The number of carbonyl (C=O) groups excluding carboxylic acids is 2. The van der Waals surface area contributed by atoms with Gasteiger partial charge in [-0.15, -0.1) is 0 Å². The molecule has 7 nitrogen and oxygen atoms in total. The Kier molecular flexibility index (Phi) is 15.8. The van der Waals surface area contributed by atoms with E-state index in [4.69, 9.17) is 0 Å². The van der Waals surface area contributed by atoms with Crippen LogP contribution in [0.25, 0.3) is 0 Å². The number of rotatable bonds is 3. The summed E-state index contributed by atoms with van der Waals surface area (Å²) in [6.07, 6.45) is 4.34. The fourth-order valence-corrected chi connectivity index (χ4v) is 0.862. The molecule has 108 valence electrons. The first kappa shape index (κ1) is 24.1. The van der Waals surface area contributed by atoms with Crippen LogP contribution in [0.4, 0.5) is 0 Å².